The van der Waals surface area contributed by atoms with Gasteiger partial charge in [0.05, 0.1) is 24.8 Å². The number of anilines is 1. The minimum absolute atomic E-state index is 0.0801. The molecule has 0 bridgehead atoms. The Labute approximate surface area is 247 Å². The predicted molar refractivity (Wildman–Crippen MR) is 159 cm³/mol. The number of carbonyl (C=O) groups is 2. The first-order valence-electron chi connectivity index (χ1n) is 13.6. The standard InChI is InChI=1S/C31H38FN3O6S/c1-6-27(31(37)33-19-22(2)3)34(20-23-10-8-7-9-11-23)30(36)21-35(25-14-12-24(32)13-15-25)42(38,39)26-16-17-28(40-4)29(18-26)41-5/h7-18,22,27H,6,19-21H2,1-5H3,(H,33,37)/t27-/m0/s1. The van der Waals surface area contributed by atoms with Gasteiger partial charge in [-0.3, -0.25) is 13.9 Å². The van der Waals surface area contributed by atoms with Gasteiger partial charge in [-0.2, -0.15) is 0 Å². The lowest BCUT2D eigenvalue weighted by Crippen LogP contribution is -2.52. The van der Waals surface area contributed by atoms with E-state index in [1.54, 1.807) is 6.92 Å². The molecule has 3 rings (SSSR count). The van der Waals surface area contributed by atoms with Crippen molar-refractivity contribution < 1.29 is 31.9 Å². The second-order valence-electron chi connectivity index (χ2n) is 10.1. The summed E-state index contributed by atoms with van der Waals surface area (Å²) in [5.41, 5.74) is 0.855. The molecule has 0 heterocycles. The molecule has 0 radical (unpaired) electrons. The van der Waals surface area contributed by atoms with E-state index >= 15 is 0 Å². The quantitative estimate of drug-likeness (QED) is 0.290. The Kier molecular flexibility index (Phi) is 11.3. The Morgan fingerprint density at radius 3 is 2.14 bits per heavy atom. The van der Waals surface area contributed by atoms with Crippen LogP contribution in [0.3, 0.4) is 0 Å². The first kappa shape index (κ1) is 32.4. The van der Waals surface area contributed by atoms with Crippen LogP contribution in [0.5, 0.6) is 11.5 Å². The fraction of sp³-hybridized carbons (Fsp3) is 0.355. The van der Waals surface area contributed by atoms with E-state index in [0.29, 0.717) is 18.7 Å². The van der Waals surface area contributed by atoms with Crippen molar-refractivity contribution in [2.75, 3.05) is 31.6 Å². The summed E-state index contributed by atoms with van der Waals surface area (Å²) in [7, 11) is -1.56. The Morgan fingerprint density at radius 1 is 0.929 bits per heavy atom. The van der Waals surface area contributed by atoms with Crippen LogP contribution >= 0.6 is 0 Å². The third kappa shape index (κ3) is 8.00. The average molecular weight is 600 g/mol. The molecular weight excluding hydrogens is 561 g/mol. The molecule has 0 fully saturated rings. The molecule has 0 saturated heterocycles. The number of carbonyl (C=O) groups excluding carboxylic acids is 2. The second-order valence-corrected chi connectivity index (χ2v) is 11.9. The number of methoxy groups -OCH3 is 2. The normalized spacial score (nSPS) is 12.0. The molecule has 0 saturated carbocycles. The van der Waals surface area contributed by atoms with Crippen molar-refractivity contribution in [1.29, 1.82) is 0 Å². The van der Waals surface area contributed by atoms with E-state index in [2.05, 4.69) is 5.32 Å². The molecule has 0 aromatic heterocycles. The van der Waals surface area contributed by atoms with Gasteiger partial charge in [0.1, 0.15) is 18.4 Å². The molecule has 0 spiro atoms. The van der Waals surface area contributed by atoms with Crippen LogP contribution in [-0.4, -0.2) is 58.5 Å². The van der Waals surface area contributed by atoms with Gasteiger partial charge in [-0.05, 0) is 54.3 Å². The van der Waals surface area contributed by atoms with Gasteiger partial charge in [0.25, 0.3) is 10.0 Å². The van der Waals surface area contributed by atoms with Crippen LogP contribution < -0.4 is 19.1 Å². The van der Waals surface area contributed by atoms with Crippen molar-refractivity contribution in [2.24, 2.45) is 5.92 Å². The van der Waals surface area contributed by atoms with E-state index in [4.69, 9.17) is 9.47 Å². The Morgan fingerprint density at radius 2 is 1.57 bits per heavy atom. The monoisotopic (exact) mass is 599 g/mol. The van der Waals surface area contributed by atoms with Crippen LogP contribution in [0.4, 0.5) is 10.1 Å². The van der Waals surface area contributed by atoms with Gasteiger partial charge in [0, 0.05) is 19.2 Å². The van der Waals surface area contributed by atoms with Crippen LogP contribution in [0.15, 0.2) is 77.7 Å². The van der Waals surface area contributed by atoms with Gasteiger partial charge in [-0.25, -0.2) is 12.8 Å². The summed E-state index contributed by atoms with van der Waals surface area (Å²) in [6.45, 7) is 5.60. The smallest absolute Gasteiger partial charge is 0.264 e. The number of amides is 2. The molecule has 3 aromatic rings. The summed E-state index contributed by atoms with van der Waals surface area (Å²) in [6.07, 6.45) is 0.307. The molecule has 1 atom stereocenters. The fourth-order valence-electron chi connectivity index (χ4n) is 4.36. The van der Waals surface area contributed by atoms with Crippen LogP contribution in [0.1, 0.15) is 32.8 Å². The molecule has 11 heteroatoms. The van der Waals surface area contributed by atoms with E-state index in [1.807, 2.05) is 44.2 Å². The minimum atomic E-state index is -4.37. The van der Waals surface area contributed by atoms with Gasteiger partial charge in [-0.15, -0.1) is 0 Å². The highest BCUT2D eigenvalue weighted by Gasteiger charge is 2.34. The van der Waals surface area contributed by atoms with Crippen molar-refractivity contribution in [2.45, 2.75) is 44.7 Å². The van der Waals surface area contributed by atoms with Gasteiger partial charge in [0.15, 0.2) is 11.5 Å². The largest absolute Gasteiger partial charge is 0.493 e. The molecule has 1 N–H and O–H groups in total. The molecule has 9 nitrogen and oxygen atoms in total. The summed E-state index contributed by atoms with van der Waals surface area (Å²) in [5, 5.41) is 2.89. The number of hydrogen-bond donors (Lipinski definition) is 1. The maximum absolute atomic E-state index is 14.1. The average Bonchev–Trinajstić information content (AvgIpc) is 2.99. The second kappa shape index (κ2) is 14.7. The molecule has 3 aromatic carbocycles. The highest BCUT2D eigenvalue weighted by Crippen LogP contribution is 2.32. The van der Waals surface area contributed by atoms with Crippen molar-refractivity contribution in [3.63, 3.8) is 0 Å². The fourth-order valence-corrected chi connectivity index (χ4v) is 5.79. The summed E-state index contributed by atoms with van der Waals surface area (Å²) in [4.78, 5) is 28.6. The molecule has 226 valence electrons. The molecule has 0 unspecified atom stereocenters. The lowest BCUT2D eigenvalue weighted by atomic mass is 10.1. The van der Waals surface area contributed by atoms with Gasteiger partial charge < -0.3 is 19.7 Å². The molecular formula is C31H38FN3O6S. The number of benzene rings is 3. The zero-order valence-corrected chi connectivity index (χ0v) is 25.4. The van der Waals surface area contributed by atoms with Crippen LogP contribution in [0.25, 0.3) is 0 Å². The first-order chi connectivity index (χ1) is 20.0. The van der Waals surface area contributed by atoms with E-state index in [-0.39, 0.29) is 34.7 Å². The summed E-state index contributed by atoms with van der Waals surface area (Å²) in [5.74, 6) is -0.779. The number of ether oxygens (including phenoxy) is 2. The van der Waals surface area contributed by atoms with E-state index in [1.165, 1.54) is 49.5 Å². The van der Waals surface area contributed by atoms with Crippen molar-refractivity contribution in [1.82, 2.24) is 10.2 Å². The molecule has 0 aliphatic carbocycles. The molecule has 0 aliphatic rings. The SMILES string of the molecule is CC[C@@H](C(=O)NCC(C)C)N(Cc1ccccc1)C(=O)CN(c1ccc(F)cc1)S(=O)(=O)c1ccc(OC)c(OC)c1. The Hall–Kier alpha value is -4.12. The highest BCUT2D eigenvalue weighted by atomic mass is 32.2. The molecule has 2 amide bonds. The van der Waals surface area contributed by atoms with Crippen LogP contribution in [0, 0.1) is 11.7 Å². The van der Waals surface area contributed by atoms with Gasteiger partial charge in [-0.1, -0.05) is 51.1 Å². The van der Waals surface area contributed by atoms with Crippen LogP contribution in [-0.2, 0) is 26.2 Å². The van der Waals surface area contributed by atoms with Gasteiger partial charge >= 0.3 is 0 Å². The van der Waals surface area contributed by atoms with Crippen molar-refractivity contribution in [3.05, 3.63) is 84.2 Å². The summed E-state index contributed by atoms with van der Waals surface area (Å²) >= 11 is 0. The van der Waals surface area contributed by atoms with Crippen molar-refractivity contribution in [3.8, 4) is 11.5 Å². The lowest BCUT2D eigenvalue weighted by molar-refractivity contribution is -0.140. The zero-order chi connectivity index (χ0) is 30.9. The maximum atomic E-state index is 14.1. The zero-order valence-electron chi connectivity index (χ0n) is 24.5. The van der Waals surface area contributed by atoms with E-state index in [9.17, 15) is 22.4 Å². The van der Waals surface area contributed by atoms with E-state index < -0.39 is 34.3 Å². The predicted octanol–water partition coefficient (Wildman–Crippen LogP) is 4.62. The number of nitrogens with zero attached hydrogens (tertiary/aromatic N) is 2. The third-order valence-electron chi connectivity index (χ3n) is 6.60. The molecule has 42 heavy (non-hydrogen) atoms. The number of halogens is 1. The number of hydrogen-bond acceptors (Lipinski definition) is 6. The van der Waals surface area contributed by atoms with E-state index in [0.717, 1.165) is 22.0 Å². The third-order valence-corrected chi connectivity index (χ3v) is 8.37. The summed E-state index contributed by atoms with van der Waals surface area (Å²) < 4.78 is 53.4. The Bertz CT molecular complexity index is 1450. The highest BCUT2D eigenvalue weighted by molar-refractivity contribution is 7.92. The number of sulfonamides is 1. The number of rotatable bonds is 14. The summed E-state index contributed by atoms with van der Waals surface area (Å²) in [6, 6.07) is 17.2. The number of nitrogens with one attached hydrogen (secondary N) is 1. The van der Waals surface area contributed by atoms with Crippen molar-refractivity contribution >= 4 is 27.5 Å². The lowest BCUT2D eigenvalue weighted by Gasteiger charge is -2.33. The first-order valence-corrected chi connectivity index (χ1v) is 15.1. The Balaban J connectivity index is 2.07. The maximum Gasteiger partial charge on any atom is 0.264 e. The molecule has 0 aliphatic heterocycles. The topological polar surface area (TPSA) is 105 Å². The van der Waals surface area contributed by atoms with Gasteiger partial charge in [0.2, 0.25) is 11.8 Å². The minimum Gasteiger partial charge on any atom is -0.493 e. The van der Waals surface area contributed by atoms with Crippen LogP contribution in [0.2, 0.25) is 0 Å².